The van der Waals surface area contributed by atoms with Crippen LogP contribution < -0.4 is 20.3 Å². The summed E-state index contributed by atoms with van der Waals surface area (Å²) in [6.07, 6.45) is 1.06. The highest BCUT2D eigenvalue weighted by atomic mass is 16.5. The van der Waals surface area contributed by atoms with E-state index in [4.69, 9.17) is 4.74 Å². The van der Waals surface area contributed by atoms with E-state index in [9.17, 15) is 0 Å². The van der Waals surface area contributed by atoms with E-state index >= 15 is 0 Å². The van der Waals surface area contributed by atoms with Crippen LogP contribution in [-0.4, -0.2) is 39.3 Å². The van der Waals surface area contributed by atoms with E-state index in [1.807, 2.05) is 0 Å². The van der Waals surface area contributed by atoms with E-state index in [1.54, 1.807) is 0 Å². The van der Waals surface area contributed by atoms with E-state index in [1.165, 1.54) is 11.3 Å². The van der Waals surface area contributed by atoms with Gasteiger partial charge in [-0.25, -0.2) is 0 Å². The van der Waals surface area contributed by atoms with Crippen LogP contribution in [0.1, 0.15) is 12.5 Å². The van der Waals surface area contributed by atoms with Crippen LogP contribution in [0.15, 0.2) is 12.1 Å². The molecule has 0 bridgehead atoms. The lowest BCUT2D eigenvalue weighted by atomic mass is 10.1. The van der Waals surface area contributed by atoms with Gasteiger partial charge in [-0.2, -0.15) is 0 Å². The fraction of sp³-hybridized carbons (Fsp3) is 0.571. The van der Waals surface area contributed by atoms with E-state index in [0.717, 1.165) is 57.2 Å². The summed E-state index contributed by atoms with van der Waals surface area (Å²) in [5.41, 5.74) is 3.80. The summed E-state index contributed by atoms with van der Waals surface area (Å²) < 4.78 is 5.88. The van der Waals surface area contributed by atoms with Gasteiger partial charge in [-0.15, -0.1) is 0 Å². The zero-order valence-corrected chi connectivity index (χ0v) is 11.0. The molecule has 0 atom stereocenters. The van der Waals surface area contributed by atoms with Crippen LogP contribution in [0.25, 0.3) is 0 Å². The van der Waals surface area contributed by atoms with Crippen LogP contribution in [0.5, 0.6) is 5.75 Å². The maximum atomic E-state index is 5.88. The van der Waals surface area contributed by atoms with Crippen molar-refractivity contribution in [2.45, 2.75) is 13.3 Å². The number of fused-ring (bicyclic) bond motifs is 1. The Morgan fingerprint density at radius 1 is 1.22 bits per heavy atom. The van der Waals surface area contributed by atoms with E-state index < -0.39 is 0 Å². The van der Waals surface area contributed by atoms with Gasteiger partial charge in [0, 0.05) is 32.7 Å². The molecule has 4 nitrogen and oxygen atoms in total. The molecule has 4 heteroatoms. The summed E-state index contributed by atoms with van der Waals surface area (Å²) in [5.74, 6) is 1.04. The Morgan fingerprint density at radius 3 is 2.83 bits per heavy atom. The molecule has 0 unspecified atom stereocenters. The summed E-state index contributed by atoms with van der Waals surface area (Å²) in [6.45, 7) is 8.09. The molecule has 1 saturated heterocycles. The topological polar surface area (TPSA) is 36.5 Å². The molecule has 0 amide bonds. The molecule has 2 aliphatic rings. The molecule has 0 radical (unpaired) electrons. The zero-order chi connectivity index (χ0) is 12.4. The van der Waals surface area contributed by atoms with Crippen LogP contribution in [-0.2, 0) is 6.42 Å². The first-order valence-corrected chi connectivity index (χ1v) is 6.87. The summed E-state index contributed by atoms with van der Waals surface area (Å²) in [4.78, 5) is 2.43. The summed E-state index contributed by atoms with van der Waals surface area (Å²) >= 11 is 0. The maximum Gasteiger partial charge on any atom is 0.165 e. The highest BCUT2D eigenvalue weighted by molar-refractivity contribution is 5.74. The van der Waals surface area contributed by atoms with Crippen molar-refractivity contribution in [2.75, 3.05) is 49.5 Å². The quantitative estimate of drug-likeness (QED) is 0.829. The molecule has 0 aliphatic carbocycles. The molecular weight excluding hydrogens is 226 g/mol. The Bertz CT molecular complexity index is 427. The number of ether oxygens (including phenoxy) is 1. The monoisotopic (exact) mass is 247 g/mol. The minimum atomic E-state index is 0.761. The van der Waals surface area contributed by atoms with Gasteiger partial charge in [-0.1, -0.05) is 6.92 Å². The summed E-state index contributed by atoms with van der Waals surface area (Å²) in [6, 6.07) is 4.51. The van der Waals surface area contributed by atoms with Crippen molar-refractivity contribution in [3.63, 3.8) is 0 Å². The highest BCUT2D eigenvalue weighted by Crippen LogP contribution is 2.39. The van der Waals surface area contributed by atoms with Crippen LogP contribution in [0.2, 0.25) is 0 Å². The Morgan fingerprint density at radius 2 is 2.06 bits per heavy atom. The van der Waals surface area contributed by atoms with Crippen molar-refractivity contribution < 1.29 is 4.74 Å². The lowest BCUT2D eigenvalue weighted by Crippen LogP contribution is -2.43. The van der Waals surface area contributed by atoms with Crippen LogP contribution in [0, 0.1) is 0 Å². The number of benzene rings is 1. The van der Waals surface area contributed by atoms with Gasteiger partial charge in [-0.3, -0.25) is 0 Å². The molecule has 0 aromatic heterocycles. The van der Waals surface area contributed by atoms with Gasteiger partial charge in [0.2, 0.25) is 0 Å². The van der Waals surface area contributed by atoms with Gasteiger partial charge in [0.1, 0.15) is 6.61 Å². The second-order valence-corrected chi connectivity index (χ2v) is 4.86. The van der Waals surface area contributed by atoms with Gasteiger partial charge in [0.25, 0.3) is 0 Å². The largest absolute Gasteiger partial charge is 0.487 e. The standard InChI is InChI=1S/C14H21N3O/c1-2-11-9-12-14(18-8-5-16-12)13(10-11)17-6-3-15-4-7-17/h9-10,15-16H,2-8H2,1H3. The van der Waals surface area contributed by atoms with Crippen molar-refractivity contribution >= 4 is 11.4 Å². The fourth-order valence-corrected chi connectivity index (χ4v) is 2.64. The number of aryl methyl sites for hydroxylation is 1. The first kappa shape index (κ1) is 11.7. The molecular formula is C14H21N3O. The lowest BCUT2D eigenvalue weighted by molar-refractivity contribution is 0.323. The molecule has 98 valence electrons. The number of anilines is 2. The van der Waals surface area contributed by atoms with E-state index in [-0.39, 0.29) is 0 Å². The highest BCUT2D eigenvalue weighted by Gasteiger charge is 2.21. The SMILES string of the molecule is CCc1cc2c(c(N3CCNCC3)c1)OCCN2. The second kappa shape index (κ2) is 5.06. The number of piperazine rings is 1. The summed E-state index contributed by atoms with van der Waals surface area (Å²) in [7, 11) is 0. The second-order valence-electron chi connectivity index (χ2n) is 4.86. The van der Waals surface area contributed by atoms with Gasteiger partial charge < -0.3 is 20.3 Å². The van der Waals surface area contributed by atoms with Crippen LogP contribution in [0.4, 0.5) is 11.4 Å². The van der Waals surface area contributed by atoms with Crippen molar-refractivity contribution in [1.82, 2.24) is 5.32 Å². The number of hydrogen-bond donors (Lipinski definition) is 2. The third-order valence-electron chi connectivity index (χ3n) is 3.66. The molecule has 1 aromatic rings. The molecule has 3 rings (SSSR count). The number of nitrogens with one attached hydrogen (secondary N) is 2. The molecule has 0 saturated carbocycles. The van der Waals surface area contributed by atoms with E-state index in [0.29, 0.717) is 0 Å². The van der Waals surface area contributed by atoms with Crippen molar-refractivity contribution in [3.05, 3.63) is 17.7 Å². The van der Waals surface area contributed by atoms with Gasteiger partial charge in [0.15, 0.2) is 5.75 Å². The molecule has 1 aromatic carbocycles. The lowest BCUT2D eigenvalue weighted by Gasteiger charge is -2.33. The Kier molecular flexibility index (Phi) is 3.28. The third kappa shape index (κ3) is 2.12. The molecule has 18 heavy (non-hydrogen) atoms. The number of nitrogens with zero attached hydrogens (tertiary/aromatic N) is 1. The first-order valence-electron chi connectivity index (χ1n) is 6.87. The fourth-order valence-electron chi connectivity index (χ4n) is 2.64. The van der Waals surface area contributed by atoms with Crippen molar-refractivity contribution in [2.24, 2.45) is 0 Å². The number of rotatable bonds is 2. The molecule has 2 heterocycles. The molecule has 0 spiro atoms. The average Bonchev–Trinajstić information content (AvgIpc) is 2.47. The average molecular weight is 247 g/mol. The molecule has 2 N–H and O–H groups in total. The smallest absolute Gasteiger partial charge is 0.165 e. The Labute approximate surface area is 108 Å². The normalized spacial score (nSPS) is 18.8. The number of hydrogen-bond acceptors (Lipinski definition) is 4. The minimum Gasteiger partial charge on any atom is -0.487 e. The summed E-state index contributed by atoms with van der Waals surface area (Å²) in [5, 5.41) is 6.84. The molecule has 2 aliphatic heterocycles. The first-order chi connectivity index (χ1) is 8.88. The van der Waals surface area contributed by atoms with Gasteiger partial charge in [-0.05, 0) is 24.1 Å². The van der Waals surface area contributed by atoms with Gasteiger partial charge >= 0.3 is 0 Å². The van der Waals surface area contributed by atoms with Crippen LogP contribution in [0.3, 0.4) is 0 Å². The molecule has 1 fully saturated rings. The van der Waals surface area contributed by atoms with Crippen LogP contribution >= 0.6 is 0 Å². The van der Waals surface area contributed by atoms with E-state index in [2.05, 4.69) is 34.6 Å². The van der Waals surface area contributed by atoms with Crippen molar-refractivity contribution in [3.8, 4) is 5.75 Å². The van der Waals surface area contributed by atoms with Gasteiger partial charge in [0.05, 0.1) is 11.4 Å². The minimum absolute atomic E-state index is 0.761. The van der Waals surface area contributed by atoms with Crippen molar-refractivity contribution in [1.29, 1.82) is 0 Å². The predicted octanol–water partition coefficient (Wildman–Crippen LogP) is 1.46. The predicted molar refractivity (Wildman–Crippen MR) is 74.9 cm³/mol. The maximum absolute atomic E-state index is 5.88. The Balaban J connectivity index is 1.99. The zero-order valence-electron chi connectivity index (χ0n) is 11.0. The Hall–Kier alpha value is -1.42. The third-order valence-corrected chi connectivity index (χ3v) is 3.66.